The number of carbonyl (C=O) groups is 1. The third kappa shape index (κ3) is 4.24. The average Bonchev–Trinajstić information content (AvgIpc) is 3.26. The van der Waals surface area contributed by atoms with Crippen LogP contribution >= 0.6 is 0 Å². The lowest BCUT2D eigenvalue weighted by Gasteiger charge is -2.11. The lowest BCUT2D eigenvalue weighted by molar-refractivity contribution is 0.0990. The molecule has 0 bridgehead atoms. The van der Waals surface area contributed by atoms with Gasteiger partial charge in [0.25, 0.3) is 0 Å². The number of hydrogen-bond donors (Lipinski definition) is 1. The number of rotatable bonds is 6. The van der Waals surface area contributed by atoms with Gasteiger partial charge in [0.15, 0.2) is 5.75 Å². The second-order valence-corrected chi connectivity index (χ2v) is 6.01. The molecular formula is C22H17N3O4. The number of methoxy groups -OCH3 is 1. The van der Waals surface area contributed by atoms with Crippen LogP contribution in [0.4, 0.5) is 5.69 Å². The van der Waals surface area contributed by atoms with E-state index in [1.54, 1.807) is 49.6 Å². The van der Waals surface area contributed by atoms with Crippen molar-refractivity contribution in [2.24, 2.45) is 0 Å². The fraction of sp³-hybridized carbons (Fsp3) is 0.0455. The van der Waals surface area contributed by atoms with Crippen molar-refractivity contribution in [3.63, 3.8) is 0 Å². The van der Waals surface area contributed by atoms with Crippen molar-refractivity contribution in [3.8, 4) is 28.7 Å². The topological polar surface area (TPSA) is 86.5 Å². The lowest BCUT2D eigenvalue weighted by Crippen LogP contribution is -2.13. The van der Waals surface area contributed by atoms with Crippen LogP contribution in [0, 0.1) is 0 Å². The number of nitrogens with zero attached hydrogens (tertiary/aromatic N) is 2. The maximum atomic E-state index is 12.6. The summed E-state index contributed by atoms with van der Waals surface area (Å²) in [6.45, 7) is 0. The molecule has 144 valence electrons. The predicted molar refractivity (Wildman–Crippen MR) is 107 cm³/mol. The maximum absolute atomic E-state index is 12.6. The Hall–Kier alpha value is -4.13. The van der Waals surface area contributed by atoms with Crippen molar-refractivity contribution in [3.05, 3.63) is 84.8 Å². The standard InChI is InChI=1S/C22H17N3O4/c1-27-17-11-7-8-15(14-17)21-24-25-22(29-21)20(26)23-18-12-5-6-13-19(18)28-16-9-3-2-4-10-16/h2-14H,1H3,(H,23,26). The van der Waals surface area contributed by atoms with Crippen LogP contribution in [-0.4, -0.2) is 23.2 Å². The summed E-state index contributed by atoms with van der Waals surface area (Å²) in [4.78, 5) is 12.6. The summed E-state index contributed by atoms with van der Waals surface area (Å²) in [6, 6.07) is 23.6. The second kappa shape index (κ2) is 8.26. The molecule has 0 saturated carbocycles. The number of hydrogen-bond acceptors (Lipinski definition) is 6. The van der Waals surface area contributed by atoms with E-state index in [2.05, 4.69) is 15.5 Å². The minimum atomic E-state index is -0.532. The monoisotopic (exact) mass is 387 g/mol. The van der Waals surface area contributed by atoms with Gasteiger partial charge in [0.05, 0.1) is 12.8 Å². The van der Waals surface area contributed by atoms with Crippen LogP contribution in [0.25, 0.3) is 11.5 Å². The van der Waals surface area contributed by atoms with Crippen LogP contribution in [0.15, 0.2) is 83.3 Å². The summed E-state index contributed by atoms with van der Waals surface area (Å²) in [6.07, 6.45) is 0. The molecule has 4 rings (SSSR count). The first kappa shape index (κ1) is 18.2. The second-order valence-electron chi connectivity index (χ2n) is 6.01. The van der Waals surface area contributed by atoms with E-state index in [4.69, 9.17) is 13.9 Å². The molecule has 1 aromatic heterocycles. The fourth-order valence-corrected chi connectivity index (χ4v) is 2.64. The first-order valence-electron chi connectivity index (χ1n) is 8.84. The number of amides is 1. The van der Waals surface area contributed by atoms with Gasteiger partial charge in [-0.05, 0) is 42.5 Å². The number of benzene rings is 3. The molecule has 0 aliphatic rings. The van der Waals surface area contributed by atoms with Gasteiger partial charge in [0.2, 0.25) is 5.89 Å². The Morgan fingerprint density at radius 3 is 2.48 bits per heavy atom. The van der Waals surface area contributed by atoms with Crippen LogP contribution in [0.3, 0.4) is 0 Å². The average molecular weight is 387 g/mol. The number of anilines is 1. The van der Waals surface area contributed by atoms with Gasteiger partial charge in [0, 0.05) is 5.56 Å². The largest absolute Gasteiger partial charge is 0.497 e. The van der Waals surface area contributed by atoms with Crippen LogP contribution in [-0.2, 0) is 0 Å². The zero-order chi connectivity index (χ0) is 20.1. The number of nitrogens with one attached hydrogen (secondary N) is 1. The molecule has 29 heavy (non-hydrogen) atoms. The SMILES string of the molecule is COc1cccc(-c2nnc(C(=O)Nc3ccccc3Oc3ccccc3)o2)c1. The molecule has 1 heterocycles. The van der Waals surface area contributed by atoms with Crippen molar-refractivity contribution in [2.75, 3.05) is 12.4 Å². The Labute approximate surface area is 166 Å². The lowest BCUT2D eigenvalue weighted by atomic mass is 10.2. The highest BCUT2D eigenvalue weighted by Crippen LogP contribution is 2.29. The van der Waals surface area contributed by atoms with E-state index in [9.17, 15) is 4.79 Å². The molecular weight excluding hydrogens is 370 g/mol. The molecule has 0 aliphatic heterocycles. The highest BCUT2D eigenvalue weighted by molar-refractivity contribution is 6.01. The number of carbonyl (C=O) groups excluding carboxylic acids is 1. The minimum absolute atomic E-state index is 0.155. The van der Waals surface area contributed by atoms with Crippen molar-refractivity contribution in [1.29, 1.82) is 0 Å². The van der Waals surface area contributed by atoms with Crippen molar-refractivity contribution in [2.45, 2.75) is 0 Å². The van der Waals surface area contributed by atoms with E-state index >= 15 is 0 Å². The molecule has 0 spiro atoms. The van der Waals surface area contributed by atoms with E-state index < -0.39 is 5.91 Å². The van der Waals surface area contributed by atoms with Gasteiger partial charge in [-0.2, -0.15) is 0 Å². The van der Waals surface area contributed by atoms with Gasteiger partial charge >= 0.3 is 11.8 Å². The van der Waals surface area contributed by atoms with Crippen molar-refractivity contribution in [1.82, 2.24) is 10.2 Å². The quantitative estimate of drug-likeness (QED) is 0.512. The summed E-state index contributed by atoms with van der Waals surface area (Å²) in [5, 5.41) is 10.5. The Kier molecular flexibility index (Phi) is 5.20. The zero-order valence-electron chi connectivity index (χ0n) is 15.5. The smallest absolute Gasteiger partial charge is 0.313 e. The first-order chi connectivity index (χ1) is 14.2. The molecule has 7 nitrogen and oxygen atoms in total. The Morgan fingerprint density at radius 1 is 0.897 bits per heavy atom. The van der Waals surface area contributed by atoms with E-state index in [1.807, 2.05) is 36.4 Å². The Bertz CT molecular complexity index is 1130. The zero-order valence-corrected chi connectivity index (χ0v) is 15.5. The van der Waals surface area contributed by atoms with Crippen LogP contribution < -0.4 is 14.8 Å². The molecule has 7 heteroatoms. The third-order valence-corrected chi connectivity index (χ3v) is 4.04. The summed E-state index contributed by atoms with van der Waals surface area (Å²) in [5.74, 6) is 1.35. The molecule has 0 fully saturated rings. The minimum Gasteiger partial charge on any atom is -0.497 e. The molecule has 0 aliphatic carbocycles. The molecule has 0 radical (unpaired) electrons. The van der Waals surface area contributed by atoms with Gasteiger partial charge in [0.1, 0.15) is 11.5 Å². The van der Waals surface area contributed by atoms with Crippen LogP contribution in [0.1, 0.15) is 10.7 Å². The predicted octanol–water partition coefficient (Wildman–Crippen LogP) is 4.79. The van der Waals surface area contributed by atoms with Crippen molar-refractivity contribution < 1.29 is 18.7 Å². The van der Waals surface area contributed by atoms with Crippen molar-refractivity contribution >= 4 is 11.6 Å². The van der Waals surface area contributed by atoms with Gasteiger partial charge in [-0.3, -0.25) is 4.79 Å². The van der Waals surface area contributed by atoms with Gasteiger partial charge < -0.3 is 19.2 Å². The van der Waals surface area contributed by atoms with E-state index in [1.165, 1.54) is 0 Å². The van der Waals surface area contributed by atoms with E-state index in [0.29, 0.717) is 28.5 Å². The van der Waals surface area contributed by atoms with E-state index in [-0.39, 0.29) is 11.8 Å². The van der Waals surface area contributed by atoms with Crippen LogP contribution in [0.2, 0.25) is 0 Å². The van der Waals surface area contributed by atoms with E-state index in [0.717, 1.165) is 0 Å². The maximum Gasteiger partial charge on any atom is 0.313 e. The highest BCUT2D eigenvalue weighted by atomic mass is 16.5. The number of para-hydroxylation sites is 3. The number of ether oxygens (including phenoxy) is 2. The summed E-state index contributed by atoms with van der Waals surface area (Å²) in [5.41, 5.74) is 1.14. The van der Waals surface area contributed by atoms with Gasteiger partial charge in [-0.25, -0.2) is 0 Å². The Balaban J connectivity index is 1.52. The molecule has 0 saturated heterocycles. The first-order valence-corrected chi connectivity index (χ1v) is 8.84. The molecule has 0 atom stereocenters. The van der Waals surface area contributed by atoms with Gasteiger partial charge in [-0.15, -0.1) is 10.2 Å². The molecule has 3 aromatic carbocycles. The van der Waals surface area contributed by atoms with Crippen LogP contribution in [0.5, 0.6) is 17.2 Å². The number of aromatic nitrogens is 2. The Morgan fingerprint density at radius 2 is 1.66 bits per heavy atom. The fourth-order valence-electron chi connectivity index (χ4n) is 2.64. The third-order valence-electron chi connectivity index (χ3n) is 4.04. The molecule has 1 N–H and O–H groups in total. The van der Waals surface area contributed by atoms with Gasteiger partial charge in [-0.1, -0.05) is 36.4 Å². The summed E-state index contributed by atoms with van der Waals surface area (Å²) >= 11 is 0. The highest BCUT2D eigenvalue weighted by Gasteiger charge is 2.18. The summed E-state index contributed by atoms with van der Waals surface area (Å²) < 4.78 is 16.6. The normalized spacial score (nSPS) is 10.4. The molecule has 0 unspecified atom stereocenters. The summed E-state index contributed by atoms with van der Waals surface area (Å²) in [7, 11) is 1.57. The molecule has 1 amide bonds. The molecule has 4 aromatic rings.